The van der Waals surface area contributed by atoms with Gasteiger partial charge in [-0.15, -0.1) is 11.3 Å². The van der Waals surface area contributed by atoms with E-state index in [0.29, 0.717) is 24.3 Å². The third-order valence-electron chi connectivity index (χ3n) is 5.71. The molecule has 2 aliphatic heterocycles. The maximum absolute atomic E-state index is 12.5. The summed E-state index contributed by atoms with van der Waals surface area (Å²) in [6.07, 6.45) is 7.67. The van der Waals surface area contributed by atoms with Gasteiger partial charge >= 0.3 is 0 Å². The molecule has 0 bridgehead atoms. The van der Waals surface area contributed by atoms with E-state index in [-0.39, 0.29) is 0 Å². The van der Waals surface area contributed by atoms with Crippen LogP contribution in [-0.4, -0.2) is 50.9 Å². The van der Waals surface area contributed by atoms with Crippen molar-refractivity contribution in [1.82, 2.24) is 19.4 Å². The summed E-state index contributed by atoms with van der Waals surface area (Å²) in [6.45, 7) is 4.00. The summed E-state index contributed by atoms with van der Waals surface area (Å²) in [5.74, 6) is 0.973. The number of thiophene rings is 1. The lowest BCUT2D eigenvalue weighted by atomic mass is 9.83. The van der Waals surface area contributed by atoms with Crippen LogP contribution in [-0.2, 0) is 24.8 Å². The monoisotopic (exact) mass is 358 g/mol. The third kappa shape index (κ3) is 3.65. The number of aromatic nitrogens is 2. The lowest BCUT2D eigenvalue weighted by Gasteiger charge is -2.47. The molecule has 6 heteroatoms. The number of imidazole rings is 1. The number of aryl methyl sites for hydroxylation is 1. The van der Waals surface area contributed by atoms with Gasteiger partial charge in [-0.3, -0.25) is 9.69 Å². The molecule has 4 heterocycles. The lowest BCUT2D eigenvalue weighted by Crippen LogP contribution is -2.56. The van der Waals surface area contributed by atoms with Crippen LogP contribution in [0.1, 0.15) is 29.8 Å². The van der Waals surface area contributed by atoms with E-state index in [4.69, 9.17) is 0 Å². The Morgan fingerprint density at radius 3 is 3.04 bits per heavy atom. The smallest absolute Gasteiger partial charge is 0.222 e. The van der Waals surface area contributed by atoms with Gasteiger partial charge in [0, 0.05) is 56.8 Å². The highest BCUT2D eigenvalue weighted by molar-refractivity contribution is 7.09. The minimum Gasteiger partial charge on any atom is -0.339 e. The fourth-order valence-electron chi connectivity index (χ4n) is 4.31. The first-order valence-electron chi connectivity index (χ1n) is 9.20. The number of carbonyl (C=O) groups is 1. The van der Waals surface area contributed by atoms with E-state index in [1.54, 1.807) is 11.3 Å². The predicted octanol–water partition coefficient (Wildman–Crippen LogP) is 2.54. The standard InChI is InChI=1S/C19H26N4OS/c1-21-14-20-11-16(21)13-22-8-7-18-15(12-22)4-5-19(24)23(18)9-6-17-3-2-10-25-17/h2-3,10-11,14-15,18H,4-9,12-13H2,1H3/t15-,18+/m0/s1. The Bertz CT molecular complexity index is 711. The second kappa shape index (κ2) is 7.30. The minimum absolute atomic E-state index is 0.359. The number of likely N-dealkylation sites (tertiary alicyclic amines) is 2. The number of amides is 1. The van der Waals surface area contributed by atoms with Gasteiger partial charge < -0.3 is 9.47 Å². The van der Waals surface area contributed by atoms with Crippen LogP contribution in [0, 0.1) is 5.92 Å². The summed E-state index contributed by atoms with van der Waals surface area (Å²) in [5.41, 5.74) is 1.26. The predicted molar refractivity (Wildman–Crippen MR) is 99.4 cm³/mol. The van der Waals surface area contributed by atoms with Crippen LogP contribution in [0.2, 0.25) is 0 Å². The summed E-state index contributed by atoms with van der Waals surface area (Å²) in [4.78, 5) is 22.8. The van der Waals surface area contributed by atoms with Gasteiger partial charge in [-0.25, -0.2) is 4.98 Å². The first kappa shape index (κ1) is 16.8. The zero-order valence-electron chi connectivity index (χ0n) is 14.8. The molecule has 0 spiro atoms. The highest BCUT2D eigenvalue weighted by Gasteiger charge is 2.39. The van der Waals surface area contributed by atoms with E-state index in [2.05, 4.69) is 43.9 Å². The van der Waals surface area contributed by atoms with Crippen molar-refractivity contribution < 1.29 is 4.79 Å². The second-order valence-corrected chi connectivity index (χ2v) is 8.33. The third-order valence-corrected chi connectivity index (χ3v) is 6.65. The van der Waals surface area contributed by atoms with Crippen molar-refractivity contribution in [3.8, 4) is 0 Å². The molecule has 2 saturated heterocycles. The number of piperidine rings is 2. The van der Waals surface area contributed by atoms with Crippen molar-refractivity contribution in [2.45, 2.75) is 38.3 Å². The van der Waals surface area contributed by atoms with Crippen molar-refractivity contribution in [3.63, 3.8) is 0 Å². The molecule has 2 fully saturated rings. The maximum Gasteiger partial charge on any atom is 0.222 e. The topological polar surface area (TPSA) is 41.4 Å². The first-order valence-corrected chi connectivity index (χ1v) is 10.1. The Hall–Kier alpha value is -1.66. The average molecular weight is 359 g/mol. The molecule has 0 radical (unpaired) electrons. The number of nitrogens with zero attached hydrogens (tertiary/aromatic N) is 4. The zero-order valence-corrected chi connectivity index (χ0v) is 15.6. The number of hydrogen-bond acceptors (Lipinski definition) is 4. The van der Waals surface area contributed by atoms with Crippen LogP contribution in [0.25, 0.3) is 0 Å². The summed E-state index contributed by atoms with van der Waals surface area (Å²) in [6, 6.07) is 4.70. The second-order valence-electron chi connectivity index (χ2n) is 7.30. The van der Waals surface area contributed by atoms with Crippen LogP contribution in [0.15, 0.2) is 30.0 Å². The molecule has 0 unspecified atom stereocenters. The van der Waals surface area contributed by atoms with Crippen LogP contribution in [0.3, 0.4) is 0 Å². The molecule has 0 aromatic carbocycles. The normalized spacial score (nSPS) is 24.5. The largest absolute Gasteiger partial charge is 0.339 e. The Labute approximate surface area is 153 Å². The van der Waals surface area contributed by atoms with E-state index in [9.17, 15) is 4.79 Å². The molecule has 4 rings (SSSR count). The van der Waals surface area contributed by atoms with Gasteiger partial charge in [0.05, 0.1) is 12.0 Å². The van der Waals surface area contributed by atoms with Crippen LogP contribution >= 0.6 is 11.3 Å². The zero-order chi connectivity index (χ0) is 17.2. The van der Waals surface area contributed by atoms with E-state index < -0.39 is 0 Å². The van der Waals surface area contributed by atoms with Gasteiger partial charge in [0.2, 0.25) is 5.91 Å². The lowest BCUT2D eigenvalue weighted by molar-refractivity contribution is -0.141. The Morgan fingerprint density at radius 2 is 2.28 bits per heavy atom. The SMILES string of the molecule is Cn1cncc1CN1CC[C@@H]2[C@@H](CCC(=O)N2CCc2cccs2)C1. The Kier molecular flexibility index (Phi) is 4.90. The van der Waals surface area contributed by atoms with Gasteiger partial charge in [0.1, 0.15) is 0 Å². The quantitative estimate of drug-likeness (QED) is 0.825. The van der Waals surface area contributed by atoms with Gasteiger partial charge in [-0.1, -0.05) is 6.07 Å². The Morgan fingerprint density at radius 1 is 1.36 bits per heavy atom. The van der Waals surface area contributed by atoms with Crippen LogP contribution in [0.5, 0.6) is 0 Å². The molecular formula is C19H26N4OS. The summed E-state index contributed by atoms with van der Waals surface area (Å²) >= 11 is 1.79. The molecule has 5 nitrogen and oxygen atoms in total. The fourth-order valence-corrected chi connectivity index (χ4v) is 5.01. The number of hydrogen-bond donors (Lipinski definition) is 0. The highest BCUT2D eigenvalue weighted by atomic mass is 32.1. The maximum atomic E-state index is 12.5. The van der Waals surface area contributed by atoms with Crippen molar-refractivity contribution in [2.75, 3.05) is 19.6 Å². The molecule has 2 atom stereocenters. The molecule has 0 saturated carbocycles. The molecule has 1 amide bonds. The number of rotatable bonds is 5. The first-order chi connectivity index (χ1) is 12.2. The average Bonchev–Trinajstić information content (AvgIpc) is 3.26. The molecule has 0 aliphatic carbocycles. The van der Waals surface area contributed by atoms with E-state index in [1.807, 2.05) is 12.5 Å². The van der Waals surface area contributed by atoms with E-state index in [0.717, 1.165) is 45.4 Å². The van der Waals surface area contributed by atoms with Gasteiger partial charge in [-0.2, -0.15) is 0 Å². The molecule has 0 N–H and O–H groups in total. The molecule has 2 aromatic rings. The molecule has 2 aromatic heterocycles. The summed E-state index contributed by atoms with van der Waals surface area (Å²) in [5, 5.41) is 2.12. The van der Waals surface area contributed by atoms with Crippen molar-refractivity contribution in [2.24, 2.45) is 13.0 Å². The van der Waals surface area contributed by atoms with Gasteiger partial charge in [0.15, 0.2) is 0 Å². The summed E-state index contributed by atoms with van der Waals surface area (Å²) < 4.78 is 2.10. The number of fused-ring (bicyclic) bond motifs is 1. The highest BCUT2D eigenvalue weighted by Crippen LogP contribution is 2.32. The Balaban J connectivity index is 1.38. The van der Waals surface area contributed by atoms with Crippen molar-refractivity contribution >= 4 is 17.2 Å². The van der Waals surface area contributed by atoms with Gasteiger partial charge in [-0.05, 0) is 36.6 Å². The van der Waals surface area contributed by atoms with Crippen molar-refractivity contribution in [1.29, 1.82) is 0 Å². The molecule has 2 aliphatic rings. The molecule has 25 heavy (non-hydrogen) atoms. The van der Waals surface area contributed by atoms with Crippen molar-refractivity contribution in [3.05, 3.63) is 40.6 Å². The van der Waals surface area contributed by atoms with Crippen LogP contribution in [0.4, 0.5) is 0 Å². The fraction of sp³-hybridized carbons (Fsp3) is 0.579. The minimum atomic E-state index is 0.359. The van der Waals surface area contributed by atoms with E-state index in [1.165, 1.54) is 10.6 Å². The molecule has 134 valence electrons. The van der Waals surface area contributed by atoms with Gasteiger partial charge in [0.25, 0.3) is 0 Å². The van der Waals surface area contributed by atoms with E-state index >= 15 is 0 Å². The molecular weight excluding hydrogens is 332 g/mol. The summed E-state index contributed by atoms with van der Waals surface area (Å²) in [7, 11) is 2.06. The van der Waals surface area contributed by atoms with Crippen LogP contribution < -0.4 is 0 Å². The number of carbonyl (C=O) groups excluding carboxylic acids is 1.